The first kappa shape index (κ1) is 31.3. The number of rotatable bonds is 4. The van der Waals surface area contributed by atoms with Gasteiger partial charge in [0.2, 0.25) is 11.8 Å². The first-order valence-electron chi connectivity index (χ1n) is 14.9. The zero-order chi connectivity index (χ0) is 29.8. The Morgan fingerprint density at radius 2 is 1.71 bits per heavy atom. The molecule has 4 atom stereocenters. The van der Waals surface area contributed by atoms with Gasteiger partial charge >= 0.3 is 16.3 Å². The molecule has 41 heavy (non-hydrogen) atoms. The van der Waals surface area contributed by atoms with Crippen LogP contribution in [0, 0.1) is 5.92 Å². The van der Waals surface area contributed by atoms with Crippen LogP contribution in [0.25, 0.3) is 0 Å². The van der Waals surface area contributed by atoms with Crippen LogP contribution in [-0.4, -0.2) is 84.3 Å². The average molecular weight is 596 g/mol. The number of allylic oxidation sites excluding steroid dienone is 1. The lowest BCUT2D eigenvalue weighted by Crippen LogP contribution is -2.59. The van der Waals surface area contributed by atoms with Gasteiger partial charge in [0.25, 0.3) is 5.91 Å². The first-order chi connectivity index (χ1) is 19.3. The standard InChI is InChI=1S/C28H45N5O7S/c1-27(2,3)40-26(37)29-21-14-9-6-4-5-8-13-20-19-28(20,30-23(34)22-15-12-18-33(22)24(21)35)25(36)31-41(38,39)32-16-10-7-11-17-32/h8,13,20-22H,4-7,9-12,14-19H2,1-3H3,(H,29,37)(H,30,34)(H,31,36)/b13-8-/t20-,21-,22-,28+/m0/s1. The molecule has 0 aromatic carbocycles. The third kappa shape index (κ3) is 7.79. The molecule has 3 heterocycles. The molecule has 3 fully saturated rings. The zero-order valence-corrected chi connectivity index (χ0v) is 25.3. The summed E-state index contributed by atoms with van der Waals surface area (Å²) in [5.41, 5.74) is -2.13. The van der Waals surface area contributed by atoms with Crippen molar-refractivity contribution in [2.75, 3.05) is 19.6 Å². The average Bonchev–Trinajstić information content (AvgIpc) is 3.36. The van der Waals surface area contributed by atoms with E-state index in [0.717, 1.165) is 38.5 Å². The van der Waals surface area contributed by atoms with E-state index in [1.165, 1.54) is 9.21 Å². The van der Waals surface area contributed by atoms with Crippen molar-refractivity contribution in [2.24, 2.45) is 5.92 Å². The summed E-state index contributed by atoms with van der Waals surface area (Å²) in [5.74, 6) is -1.96. The van der Waals surface area contributed by atoms with Gasteiger partial charge in [-0.15, -0.1) is 0 Å². The molecule has 0 aromatic heterocycles. The highest BCUT2D eigenvalue weighted by Gasteiger charge is 2.61. The number of fused-ring (bicyclic) bond motifs is 2. The summed E-state index contributed by atoms with van der Waals surface area (Å²) in [7, 11) is -4.04. The largest absolute Gasteiger partial charge is 0.444 e. The lowest BCUT2D eigenvalue weighted by molar-refractivity contribution is -0.141. The van der Waals surface area contributed by atoms with E-state index in [1.807, 2.05) is 12.2 Å². The first-order valence-corrected chi connectivity index (χ1v) is 16.4. The fraction of sp³-hybridized carbons (Fsp3) is 0.786. The molecule has 0 unspecified atom stereocenters. The number of piperidine rings is 1. The van der Waals surface area contributed by atoms with Crippen molar-refractivity contribution in [2.45, 2.75) is 115 Å². The lowest BCUT2D eigenvalue weighted by atomic mass is 10.0. The van der Waals surface area contributed by atoms with Crippen LogP contribution in [0.3, 0.4) is 0 Å². The van der Waals surface area contributed by atoms with Crippen LogP contribution in [0.4, 0.5) is 4.79 Å². The molecule has 1 saturated carbocycles. The number of carbonyl (C=O) groups is 4. The number of amides is 4. The van der Waals surface area contributed by atoms with E-state index in [2.05, 4.69) is 15.4 Å². The summed E-state index contributed by atoms with van der Waals surface area (Å²) in [6.07, 6.45) is 10.4. The zero-order valence-electron chi connectivity index (χ0n) is 24.4. The van der Waals surface area contributed by atoms with Crippen molar-refractivity contribution in [3.63, 3.8) is 0 Å². The van der Waals surface area contributed by atoms with Crippen LogP contribution in [-0.2, 0) is 29.3 Å². The summed E-state index contributed by atoms with van der Waals surface area (Å²) in [6.45, 7) is 6.28. The van der Waals surface area contributed by atoms with Gasteiger partial charge in [-0.2, -0.15) is 12.7 Å². The predicted octanol–water partition coefficient (Wildman–Crippen LogP) is 2.11. The molecule has 13 heteroatoms. The molecule has 4 aliphatic rings. The molecule has 4 amide bonds. The van der Waals surface area contributed by atoms with E-state index < -0.39 is 51.3 Å². The lowest BCUT2D eigenvalue weighted by Gasteiger charge is -2.31. The molecule has 3 aliphatic heterocycles. The molecule has 2 saturated heterocycles. The van der Waals surface area contributed by atoms with Crippen LogP contribution >= 0.6 is 0 Å². The van der Waals surface area contributed by atoms with E-state index in [-0.39, 0.29) is 18.2 Å². The fourth-order valence-corrected chi connectivity index (χ4v) is 7.21. The Bertz CT molecular complexity index is 1140. The summed E-state index contributed by atoms with van der Waals surface area (Å²) in [5, 5.41) is 5.56. The monoisotopic (exact) mass is 595 g/mol. The fourth-order valence-electron chi connectivity index (χ4n) is 5.92. The normalized spacial score (nSPS) is 31.0. The Hall–Kier alpha value is -2.67. The Morgan fingerprint density at radius 1 is 1.00 bits per heavy atom. The van der Waals surface area contributed by atoms with Gasteiger partial charge in [-0.3, -0.25) is 14.4 Å². The predicted molar refractivity (Wildman–Crippen MR) is 152 cm³/mol. The minimum Gasteiger partial charge on any atom is -0.444 e. The number of hydrogen-bond donors (Lipinski definition) is 3. The maximum Gasteiger partial charge on any atom is 0.408 e. The van der Waals surface area contributed by atoms with Crippen molar-refractivity contribution < 1.29 is 32.3 Å². The van der Waals surface area contributed by atoms with Crippen molar-refractivity contribution in [3.05, 3.63) is 12.2 Å². The smallest absolute Gasteiger partial charge is 0.408 e. The number of alkyl carbamates (subject to hydrolysis) is 1. The topological polar surface area (TPSA) is 154 Å². The molecule has 0 aromatic rings. The Labute approximate surface area is 243 Å². The van der Waals surface area contributed by atoms with Crippen molar-refractivity contribution in [1.29, 1.82) is 0 Å². The molecule has 12 nitrogen and oxygen atoms in total. The highest BCUT2D eigenvalue weighted by atomic mass is 32.2. The molecule has 0 bridgehead atoms. The van der Waals surface area contributed by atoms with Gasteiger partial charge in [0, 0.05) is 25.6 Å². The van der Waals surface area contributed by atoms with E-state index in [0.29, 0.717) is 45.3 Å². The molecule has 0 radical (unpaired) electrons. The van der Waals surface area contributed by atoms with E-state index in [9.17, 15) is 27.6 Å². The van der Waals surface area contributed by atoms with Crippen molar-refractivity contribution in [1.82, 2.24) is 24.6 Å². The number of carbonyl (C=O) groups excluding carboxylic acids is 4. The summed E-state index contributed by atoms with van der Waals surface area (Å²) >= 11 is 0. The van der Waals surface area contributed by atoms with Gasteiger partial charge in [-0.05, 0) is 72.1 Å². The Balaban J connectivity index is 1.53. The van der Waals surface area contributed by atoms with Gasteiger partial charge in [-0.1, -0.05) is 31.4 Å². The number of nitrogens with one attached hydrogen (secondary N) is 3. The van der Waals surface area contributed by atoms with Crippen LogP contribution < -0.4 is 15.4 Å². The second kappa shape index (κ2) is 12.7. The third-order valence-corrected chi connectivity index (χ3v) is 9.69. The minimum atomic E-state index is -4.04. The summed E-state index contributed by atoms with van der Waals surface area (Å²) < 4.78 is 34.9. The highest BCUT2D eigenvalue weighted by Crippen LogP contribution is 2.45. The maximum absolute atomic E-state index is 13.7. The van der Waals surface area contributed by atoms with Gasteiger partial charge in [0.15, 0.2) is 0 Å². The molecule has 0 spiro atoms. The number of ether oxygens (including phenoxy) is 1. The minimum absolute atomic E-state index is 0.278. The SMILES string of the molecule is CC(C)(C)OC(=O)N[C@H]1CCCCC/C=C\[C@H]2C[C@@]2(C(=O)NS(=O)(=O)N2CCCCC2)NC(=O)[C@@H]2CCCN2C1=O. The van der Waals surface area contributed by atoms with Crippen molar-refractivity contribution in [3.8, 4) is 0 Å². The van der Waals surface area contributed by atoms with E-state index in [4.69, 9.17) is 4.74 Å². The molecule has 4 rings (SSSR count). The molecule has 1 aliphatic carbocycles. The Morgan fingerprint density at radius 3 is 2.41 bits per heavy atom. The molecule has 230 valence electrons. The quantitative estimate of drug-likeness (QED) is 0.421. The summed E-state index contributed by atoms with van der Waals surface area (Å²) in [4.78, 5) is 54.8. The van der Waals surface area contributed by atoms with Crippen LogP contribution in [0.2, 0.25) is 0 Å². The van der Waals surface area contributed by atoms with Gasteiger partial charge < -0.3 is 20.3 Å². The van der Waals surface area contributed by atoms with Crippen LogP contribution in [0.5, 0.6) is 0 Å². The van der Waals surface area contributed by atoms with Crippen molar-refractivity contribution >= 4 is 34.0 Å². The van der Waals surface area contributed by atoms with Gasteiger partial charge in [0.1, 0.15) is 23.2 Å². The van der Waals surface area contributed by atoms with Gasteiger partial charge in [0.05, 0.1) is 0 Å². The van der Waals surface area contributed by atoms with E-state index >= 15 is 0 Å². The summed E-state index contributed by atoms with van der Waals surface area (Å²) in [6, 6.07) is -1.68. The number of nitrogens with zero attached hydrogens (tertiary/aromatic N) is 2. The molecular weight excluding hydrogens is 550 g/mol. The maximum atomic E-state index is 13.7. The van der Waals surface area contributed by atoms with E-state index in [1.54, 1.807) is 20.8 Å². The van der Waals surface area contributed by atoms with Gasteiger partial charge in [-0.25, -0.2) is 9.52 Å². The third-order valence-electron chi connectivity index (χ3n) is 8.20. The second-order valence-electron chi connectivity index (χ2n) is 12.6. The highest BCUT2D eigenvalue weighted by molar-refractivity contribution is 7.87. The molecule has 3 N–H and O–H groups in total. The van der Waals surface area contributed by atoms with Crippen LogP contribution in [0.1, 0.15) is 91.4 Å². The number of hydrogen-bond acceptors (Lipinski definition) is 7. The second-order valence-corrected chi connectivity index (χ2v) is 14.3. The van der Waals surface area contributed by atoms with Crippen LogP contribution in [0.15, 0.2) is 12.2 Å². The molecular formula is C28H45N5O7S. The Kier molecular flexibility index (Phi) is 9.67.